The van der Waals surface area contributed by atoms with Crippen molar-refractivity contribution < 1.29 is 23.5 Å². The minimum Gasteiger partial charge on any atom is -0.467 e. The van der Waals surface area contributed by atoms with Crippen molar-refractivity contribution in [2.45, 2.75) is 46.7 Å². The Balaban J connectivity index is 2.42. The number of ether oxygens (including phenoxy) is 1. The van der Waals surface area contributed by atoms with Crippen LogP contribution in [0.1, 0.15) is 58.1 Å². The number of hydrogen-bond acceptors (Lipinski definition) is 5. The average molecular weight is 374 g/mol. The molecule has 0 aliphatic heterocycles. The molecule has 0 saturated heterocycles. The number of rotatable bonds is 7. The normalized spacial score (nSPS) is 11.9. The number of methoxy groups -OCH3 is 1. The fourth-order valence-electron chi connectivity index (χ4n) is 3.29. The summed E-state index contributed by atoms with van der Waals surface area (Å²) in [5, 5.41) is 0. The minimum atomic E-state index is -0.701. The SMILES string of the molecule is CCC(=O)N(Cc1ccco1)C(C)C(=O)c1c(C)c(C(=O)OC)n(C)c1C. The predicted molar refractivity (Wildman–Crippen MR) is 99.6 cm³/mol. The number of furan rings is 1. The molecule has 0 aliphatic carbocycles. The highest BCUT2D eigenvalue weighted by atomic mass is 16.5. The summed E-state index contributed by atoms with van der Waals surface area (Å²) in [6.45, 7) is 7.16. The van der Waals surface area contributed by atoms with Gasteiger partial charge in [-0.1, -0.05) is 6.92 Å². The fraction of sp³-hybridized carbons (Fsp3) is 0.450. The lowest BCUT2D eigenvalue weighted by Crippen LogP contribution is -2.42. The summed E-state index contributed by atoms with van der Waals surface area (Å²) in [6.07, 6.45) is 1.81. The van der Waals surface area contributed by atoms with Gasteiger partial charge in [0.1, 0.15) is 11.5 Å². The topological polar surface area (TPSA) is 81.8 Å². The van der Waals surface area contributed by atoms with Gasteiger partial charge in [0.15, 0.2) is 5.78 Å². The van der Waals surface area contributed by atoms with Crippen LogP contribution in [0, 0.1) is 13.8 Å². The first-order valence-corrected chi connectivity index (χ1v) is 8.84. The van der Waals surface area contributed by atoms with Gasteiger partial charge in [-0.25, -0.2) is 4.79 Å². The Morgan fingerprint density at radius 1 is 1.30 bits per heavy atom. The van der Waals surface area contributed by atoms with Crippen LogP contribution in [0.2, 0.25) is 0 Å². The van der Waals surface area contributed by atoms with Crippen molar-refractivity contribution in [3.8, 4) is 0 Å². The molecule has 0 fully saturated rings. The van der Waals surface area contributed by atoms with Gasteiger partial charge in [-0.2, -0.15) is 0 Å². The van der Waals surface area contributed by atoms with Crippen LogP contribution < -0.4 is 0 Å². The monoisotopic (exact) mass is 374 g/mol. The van der Waals surface area contributed by atoms with Crippen LogP contribution in [0.5, 0.6) is 0 Å². The second-order valence-corrected chi connectivity index (χ2v) is 6.48. The smallest absolute Gasteiger partial charge is 0.354 e. The van der Waals surface area contributed by atoms with Gasteiger partial charge in [0.2, 0.25) is 5.91 Å². The molecule has 2 aromatic heterocycles. The number of aromatic nitrogens is 1. The van der Waals surface area contributed by atoms with E-state index in [1.54, 1.807) is 51.4 Å². The summed E-state index contributed by atoms with van der Waals surface area (Å²) < 4.78 is 11.8. The minimum absolute atomic E-state index is 0.147. The molecular weight excluding hydrogens is 348 g/mol. The van der Waals surface area contributed by atoms with E-state index in [2.05, 4.69) is 0 Å². The van der Waals surface area contributed by atoms with Crippen molar-refractivity contribution in [3.63, 3.8) is 0 Å². The lowest BCUT2D eigenvalue weighted by atomic mass is 9.99. The second kappa shape index (κ2) is 8.24. The van der Waals surface area contributed by atoms with Crippen LogP contribution in [0.25, 0.3) is 0 Å². The third-order valence-corrected chi connectivity index (χ3v) is 4.93. The molecule has 2 aromatic rings. The van der Waals surface area contributed by atoms with Gasteiger partial charge in [-0.05, 0) is 38.5 Å². The van der Waals surface area contributed by atoms with E-state index >= 15 is 0 Å². The summed E-state index contributed by atoms with van der Waals surface area (Å²) in [7, 11) is 3.02. The van der Waals surface area contributed by atoms with Crippen LogP contribution in [-0.4, -0.2) is 40.3 Å². The standard InChI is InChI=1S/C20H26N2O5/c1-7-16(23)22(11-15-9-8-10-27-15)14(4)19(24)17-12(2)18(20(25)26-6)21(5)13(17)3/h8-10,14H,7,11H2,1-6H3. The van der Waals surface area contributed by atoms with E-state index in [0.717, 1.165) is 0 Å². The number of hydrogen-bond donors (Lipinski definition) is 0. The van der Waals surface area contributed by atoms with Gasteiger partial charge in [-0.3, -0.25) is 9.59 Å². The molecule has 7 heteroatoms. The highest BCUT2D eigenvalue weighted by Gasteiger charge is 2.32. The Labute approximate surface area is 158 Å². The number of amides is 1. The number of nitrogens with zero attached hydrogens (tertiary/aromatic N) is 2. The molecule has 0 aromatic carbocycles. The van der Waals surface area contributed by atoms with E-state index in [9.17, 15) is 14.4 Å². The molecule has 2 heterocycles. The summed E-state index contributed by atoms with van der Waals surface area (Å²) in [5.74, 6) is -0.258. The van der Waals surface area contributed by atoms with Crippen molar-refractivity contribution in [2.75, 3.05) is 7.11 Å². The van der Waals surface area contributed by atoms with Crippen molar-refractivity contribution in [1.29, 1.82) is 0 Å². The first kappa shape index (κ1) is 20.5. The van der Waals surface area contributed by atoms with E-state index in [4.69, 9.17) is 9.15 Å². The maximum absolute atomic E-state index is 13.3. The summed E-state index contributed by atoms with van der Waals surface area (Å²) in [5.41, 5.74) is 2.00. The second-order valence-electron chi connectivity index (χ2n) is 6.48. The molecule has 146 valence electrons. The Bertz CT molecular complexity index is 848. The van der Waals surface area contributed by atoms with Crippen molar-refractivity contribution in [2.24, 2.45) is 7.05 Å². The van der Waals surface area contributed by atoms with Gasteiger partial charge in [-0.15, -0.1) is 0 Å². The van der Waals surface area contributed by atoms with Crippen LogP contribution in [0.4, 0.5) is 0 Å². The van der Waals surface area contributed by atoms with E-state index < -0.39 is 12.0 Å². The van der Waals surface area contributed by atoms with Gasteiger partial charge in [0.05, 0.1) is 26.0 Å². The molecule has 1 amide bonds. The Hall–Kier alpha value is -2.83. The number of carbonyl (C=O) groups excluding carboxylic acids is 3. The quantitative estimate of drug-likeness (QED) is 0.550. The third kappa shape index (κ3) is 3.82. The molecule has 0 N–H and O–H groups in total. The van der Waals surface area contributed by atoms with Crippen LogP contribution in [0.15, 0.2) is 22.8 Å². The van der Waals surface area contributed by atoms with Crippen LogP contribution in [-0.2, 0) is 23.1 Å². The zero-order valence-corrected chi connectivity index (χ0v) is 16.7. The molecule has 2 rings (SSSR count). The maximum Gasteiger partial charge on any atom is 0.354 e. The molecule has 1 unspecified atom stereocenters. The number of esters is 1. The Morgan fingerprint density at radius 2 is 1.96 bits per heavy atom. The number of ketones is 1. The van der Waals surface area contributed by atoms with E-state index in [-0.39, 0.29) is 24.7 Å². The van der Waals surface area contributed by atoms with Crippen molar-refractivity contribution >= 4 is 17.7 Å². The predicted octanol–water partition coefficient (Wildman–Crippen LogP) is 3.03. The molecule has 0 aliphatic rings. The number of carbonyl (C=O) groups is 3. The zero-order chi connectivity index (χ0) is 20.3. The molecule has 1 atom stereocenters. The molecule has 27 heavy (non-hydrogen) atoms. The van der Waals surface area contributed by atoms with Crippen LogP contribution >= 0.6 is 0 Å². The molecule has 7 nitrogen and oxygen atoms in total. The summed E-state index contributed by atoms with van der Waals surface area (Å²) in [4.78, 5) is 39.3. The third-order valence-electron chi connectivity index (χ3n) is 4.93. The highest BCUT2D eigenvalue weighted by Crippen LogP contribution is 2.25. The first-order chi connectivity index (χ1) is 12.7. The zero-order valence-electron chi connectivity index (χ0n) is 16.7. The summed E-state index contributed by atoms with van der Waals surface area (Å²) >= 11 is 0. The van der Waals surface area contributed by atoms with E-state index in [1.807, 2.05) is 0 Å². The van der Waals surface area contributed by atoms with Gasteiger partial charge >= 0.3 is 5.97 Å². The summed E-state index contributed by atoms with van der Waals surface area (Å²) in [6, 6.07) is 2.80. The molecular formula is C20H26N2O5. The maximum atomic E-state index is 13.3. The molecule has 0 spiro atoms. The molecule has 0 bridgehead atoms. The number of Topliss-reactive ketones (excluding diaryl/α,β-unsaturated/α-hetero) is 1. The Kier molecular flexibility index (Phi) is 6.25. The molecule has 0 radical (unpaired) electrons. The first-order valence-electron chi connectivity index (χ1n) is 8.84. The lowest BCUT2D eigenvalue weighted by molar-refractivity contribution is -0.133. The fourth-order valence-corrected chi connectivity index (χ4v) is 3.29. The van der Waals surface area contributed by atoms with Gasteiger partial charge in [0, 0.05) is 24.7 Å². The largest absolute Gasteiger partial charge is 0.467 e. The van der Waals surface area contributed by atoms with Crippen LogP contribution in [0.3, 0.4) is 0 Å². The van der Waals surface area contributed by atoms with E-state index in [1.165, 1.54) is 18.3 Å². The lowest BCUT2D eigenvalue weighted by Gasteiger charge is -2.27. The molecule has 0 saturated carbocycles. The van der Waals surface area contributed by atoms with Gasteiger partial charge < -0.3 is 18.6 Å². The average Bonchev–Trinajstić information content (AvgIpc) is 3.24. The van der Waals surface area contributed by atoms with Gasteiger partial charge in [0.25, 0.3) is 0 Å². The van der Waals surface area contributed by atoms with Crippen molar-refractivity contribution in [1.82, 2.24) is 9.47 Å². The highest BCUT2D eigenvalue weighted by molar-refractivity contribution is 6.06. The van der Waals surface area contributed by atoms with E-state index in [0.29, 0.717) is 28.3 Å². The Morgan fingerprint density at radius 3 is 2.48 bits per heavy atom. The van der Waals surface area contributed by atoms with Crippen molar-refractivity contribution in [3.05, 3.63) is 46.7 Å².